The number of unbranched alkanes of at least 4 members (excludes halogenated alkanes) is 1. The Bertz CT molecular complexity index is 291. The number of benzene rings is 1. The monoisotopic (exact) mass is 211 g/mol. The Morgan fingerprint density at radius 3 is 2.87 bits per heavy atom. The largest absolute Gasteiger partial charge is 0.396 e. The summed E-state index contributed by atoms with van der Waals surface area (Å²) in [4.78, 5) is 0. The van der Waals surface area contributed by atoms with Gasteiger partial charge in [0.2, 0.25) is 0 Å². The van der Waals surface area contributed by atoms with Crippen molar-refractivity contribution in [2.75, 3.05) is 13.2 Å². The fourth-order valence-electron chi connectivity index (χ4n) is 1.45. The average molecular weight is 211 g/mol. The first kappa shape index (κ1) is 12.1. The zero-order valence-electron chi connectivity index (χ0n) is 9.04. The van der Waals surface area contributed by atoms with Crippen LogP contribution in [0.4, 0.5) is 4.39 Å². The first-order chi connectivity index (χ1) is 7.24. The molecule has 0 spiro atoms. The normalized spacial score (nSPS) is 12.7. The SMILES string of the molecule is C[C@H](NCCCCO)c1cccc(F)c1. The van der Waals surface area contributed by atoms with Gasteiger partial charge in [-0.25, -0.2) is 4.39 Å². The maximum atomic E-state index is 12.9. The van der Waals surface area contributed by atoms with Crippen LogP contribution in [0.15, 0.2) is 24.3 Å². The van der Waals surface area contributed by atoms with Gasteiger partial charge in [0.15, 0.2) is 0 Å². The van der Waals surface area contributed by atoms with E-state index in [4.69, 9.17) is 5.11 Å². The van der Waals surface area contributed by atoms with Crippen LogP contribution in [-0.4, -0.2) is 18.3 Å². The van der Waals surface area contributed by atoms with Crippen LogP contribution < -0.4 is 5.32 Å². The van der Waals surface area contributed by atoms with Crippen LogP contribution in [0.1, 0.15) is 31.4 Å². The molecule has 0 unspecified atom stereocenters. The highest BCUT2D eigenvalue weighted by Crippen LogP contribution is 2.13. The quantitative estimate of drug-likeness (QED) is 0.707. The van der Waals surface area contributed by atoms with Crippen molar-refractivity contribution in [2.45, 2.75) is 25.8 Å². The molecule has 1 aromatic rings. The number of hydrogen-bond acceptors (Lipinski definition) is 2. The molecule has 0 aromatic heterocycles. The van der Waals surface area contributed by atoms with Crippen LogP contribution in [0.2, 0.25) is 0 Å². The van der Waals surface area contributed by atoms with Crippen LogP contribution in [-0.2, 0) is 0 Å². The predicted molar refractivity (Wildman–Crippen MR) is 59.1 cm³/mol. The van der Waals surface area contributed by atoms with Gasteiger partial charge >= 0.3 is 0 Å². The van der Waals surface area contributed by atoms with E-state index < -0.39 is 0 Å². The Labute approximate surface area is 90.1 Å². The molecule has 15 heavy (non-hydrogen) atoms. The molecule has 0 saturated heterocycles. The van der Waals surface area contributed by atoms with E-state index in [9.17, 15) is 4.39 Å². The standard InChI is InChI=1S/C12H18FNO/c1-10(14-7-2-3-8-15)11-5-4-6-12(13)9-11/h4-6,9-10,14-15H,2-3,7-8H2,1H3/t10-/m0/s1. The second-order valence-electron chi connectivity index (χ2n) is 3.66. The lowest BCUT2D eigenvalue weighted by atomic mass is 10.1. The van der Waals surface area contributed by atoms with E-state index in [1.165, 1.54) is 6.07 Å². The molecule has 0 aliphatic carbocycles. The molecule has 0 aliphatic heterocycles. The molecule has 0 bridgehead atoms. The number of aliphatic hydroxyl groups is 1. The Hall–Kier alpha value is -0.930. The van der Waals surface area contributed by atoms with Crippen molar-refractivity contribution in [3.63, 3.8) is 0 Å². The van der Waals surface area contributed by atoms with Crippen molar-refractivity contribution in [3.05, 3.63) is 35.6 Å². The molecule has 0 aliphatic rings. The van der Waals surface area contributed by atoms with Gasteiger partial charge in [0, 0.05) is 12.6 Å². The van der Waals surface area contributed by atoms with E-state index in [0.717, 1.165) is 24.9 Å². The Kier molecular flexibility index (Phi) is 5.29. The summed E-state index contributed by atoms with van der Waals surface area (Å²) >= 11 is 0. The van der Waals surface area contributed by atoms with Crippen LogP contribution >= 0.6 is 0 Å². The van der Waals surface area contributed by atoms with E-state index in [1.54, 1.807) is 12.1 Å². The van der Waals surface area contributed by atoms with Crippen molar-refractivity contribution >= 4 is 0 Å². The third kappa shape index (κ3) is 4.40. The number of aliphatic hydroxyl groups excluding tert-OH is 1. The molecule has 84 valence electrons. The molecule has 2 N–H and O–H groups in total. The van der Waals surface area contributed by atoms with Crippen molar-refractivity contribution in [2.24, 2.45) is 0 Å². The van der Waals surface area contributed by atoms with Gasteiger partial charge in [0.05, 0.1) is 0 Å². The number of halogens is 1. The van der Waals surface area contributed by atoms with Crippen LogP contribution in [0.25, 0.3) is 0 Å². The van der Waals surface area contributed by atoms with E-state index in [-0.39, 0.29) is 18.5 Å². The maximum absolute atomic E-state index is 12.9. The fraction of sp³-hybridized carbons (Fsp3) is 0.500. The lowest BCUT2D eigenvalue weighted by Crippen LogP contribution is -2.20. The molecular formula is C12H18FNO. The summed E-state index contributed by atoms with van der Waals surface area (Å²) in [5.41, 5.74) is 0.957. The first-order valence-corrected chi connectivity index (χ1v) is 5.33. The van der Waals surface area contributed by atoms with Crippen molar-refractivity contribution in [1.82, 2.24) is 5.32 Å². The molecule has 0 saturated carbocycles. The number of nitrogens with one attached hydrogen (secondary N) is 1. The van der Waals surface area contributed by atoms with E-state index in [2.05, 4.69) is 5.32 Å². The van der Waals surface area contributed by atoms with Crippen LogP contribution in [0.3, 0.4) is 0 Å². The molecule has 0 amide bonds. The summed E-state index contributed by atoms with van der Waals surface area (Å²) in [5, 5.41) is 11.9. The molecule has 1 atom stereocenters. The second-order valence-corrected chi connectivity index (χ2v) is 3.66. The van der Waals surface area contributed by atoms with E-state index >= 15 is 0 Å². The van der Waals surface area contributed by atoms with Gasteiger partial charge in [0.1, 0.15) is 5.82 Å². The summed E-state index contributed by atoms with van der Waals surface area (Å²) in [5.74, 6) is -0.198. The van der Waals surface area contributed by atoms with Gasteiger partial charge in [-0.15, -0.1) is 0 Å². The molecule has 1 aromatic carbocycles. The summed E-state index contributed by atoms with van der Waals surface area (Å²) in [6.45, 7) is 3.09. The zero-order chi connectivity index (χ0) is 11.1. The van der Waals surface area contributed by atoms with Gasteiger partial charge in [-0.2, -0.15) is 0 Å². The van der Waals surface area contributed by atoms with Gasteiger partial charge in [-0.3, -0.25) is 0 Å². The first-order valence-electron chi connectivity index (χ1n) is 5.33. The maximum Gasteiger partial charge on any atom is 0.123 e. The summed E-state index contributed by atoms with van der Waals surface area (Å²) in [6.07, 6.45) is 1.75. The lowest BCUT2D eigenvalue weighted by Gasteiger charge is -2.13. The Balaban J connectivity index is 2.36. The number of hydrogen-bond donors (Lipinski definition) is 2. The van der Waals surface area contributed by atoms with Gasteiger partial charge in [0.25, 0.3) is 0 Å². The summed E-state index contributed by atoms with van der Waals surface area (Å²) in [7, 11) is 0. The summed E-state index contributed by atoms with van der Waals surface area (Å²) in [6, 6.07) is 6.77. The predicted octanol–water partition coefficient (Wildman–Crippen LogP) is 2.25. The Morgan fingerprint density at radius 2 is 2.20 bits per heavy atom. The molecular weight excluding hydrogens is 193 g/mol. The minimum atomic E-state index is -0.198. The molecule has 0 radical (unpaired) electrons. The zero-order valence-corrected chi connectivity index (χ0v) is 9.04. The molecule has 3 heteroatoms. The minimum Gasteiger partial charge on any atom is -0.396 e. The Morgan fingerprint density at radius 1 is 1.40 bits per heavy atom. The fourth-order valence-corrected chi connectivity index (χ4v) is 1.45. The molecule has 0 heterocycles. The lowest BCUT2D eigenvalue weighted by molar-refractivity contribution is 0.283. The van der Waals surface area contributed by atoms with Crippen molar-refractivity contribution in [1.29, 1.82) is 0 Å². The smallest absolute Gasteiger partial charge is 0.123 e. The van der Waals surface area contributed by atoms with Gasteiger partial charge in [-0.1, -0.05) is 12.1 Å². The highest BCUT2D eigenvalue weighted by atomic mass is 19.1. The molecule has 2 nitrogen and oxygen atoms in total. The van der Waals surface area contributed by atoms with Gasteiger partial charge in [-0.05, 0) is 44.0 Å². The highest BCUT2D eigenvalue weighted by Gasteiger charge is 2.04. The third-order valence-corrected chi connectivity index (χ3v) is 2.38. The average Bonchev–Trinajstić information content (AvgIpc) is 2.24. The minimum absolute atomic E-state index is 0.152. The van der Waals surface area contributed by atoms with Gasteiger partial charge < -0.3 is 10.4 Å². The topological polar surface area (TPSA) is 32.3 Å². The second kappa shape index (κ2) is 6.53. The number of rotatable bonds is 6. The summed E-state index contributed by atoms with van der Waals surface area (Å²) < 4.78 is 12.9. The molecule has 1 rings (SSSR count). The van der Waals surface area contributed by atoms with E-state index in [1.807, 2.05) is 13.0 Å². The third-order valence-electron chi connectivity index (χ3n) is 2.38. The van der Waals surface area contributed by atoms with Crippen molar-refractivity contribution < 1.29 is 9.50 Å². The molecule has 0 fully saturated rings. The van der Waals surface area contributed by atoms with Crippen molar-refractivity contribution in [3.8, 4) is 0 Å². The van der Waals surface area contributed by atoms with Crippen LogP contribution in [0, 0.1) is 5.82 Å². The van der Waals surface area contributed by atoms with Crippen LogP contribution in [0.5, 0.6) is 0 Å². The highest BCUT2D eigenvalue weighted by molar-refractivity contribution is 5.19. The van der Waals surface area contributed by atoms with E-state index in [0.29, 0.717) is 0 Å².